The van der Waals surface area contributed by atoms with Crippen LogP contribution in [0.5, 0.6) is 5.75 Å². The third-order valence-electron chi connectivity index (χ3n) is 4.75. The van der Waals surface area contributed by atoms with Crippen molar-refractivity contribution in [2.75, 3.05) is 7.11 Å². The predicted octanol–water partition coefficient (Wildman–Crippen LogP) is 2.96. The summed E-state index contributed by atoms with van der Waals surface area (Å²) in [6.07, 6.45) is 1.52. The van der Waals surface area contributed by atoms with Gasteiger partial charge in [0.2, 0.25) is 5.89 Å². The van der Waals surface area contributed by atoms with Gasteiger partial charge in [-0.15, -0.1) is 0 Å². The molecule has 0 aliphatic heterocycles. The lowest BCUT2D eigenvalue weighted by atomic mass is 10.1. The smallest absolute Gasteiger partial charge is 0.268 e. The number of amides is 1. The van der Waals surface area contributed by atoms with E-state index in [0.29, 0.717) is 39.4 Å². The fraction of sp³-hybridized carbons (Fsp3) is 0.167. The van der Waals surface area contributed by atoms with Crippen molar-refractivity contribution < 1.29 is 19.1 Å². The van der Waals surface area contributed by atoms with Crippen LogP contribution in [0.3, 0.4) is 0 Å². The number of fused-ring (bicyclic) bond motifs is 1. The van der Waals surface area contributed by atoms with E-state index in [0.717, 1.165) is 0 Å². The second-order valence-corrected chi connectivity index (χ2v) is 7.32. The Kier molecular flexibility index (Phi) is 5.34. The third-order valence-corrected chi connectivity index (χ3v) is 4.75. The highest BCUT2D eigenvalue weighted by molar-refractivity contribution is 6.04. The maximum absolute atomic E-state index is 12.0. The molecule has 0 unspecified atom stereocenters. The van der Waals surface area contributed by atoms with Crippen molar-refractivity contribution in [3.8, 4) is 29.0 Å². The lowest BCUT2D eigenvalue weighted by molar-refractivity contribution is 0.0882. The molecule has 0 saturated carbocycles. The molecule has 0 fully saturated rings. The van der Waals surface area contributed by atoms with Crippen molar-refractivity contribution in [2.24, 2.45) is 5.73 Å². The highest BCUT2D eigenvalue weighted by Gasteiger charge is 2.26. The van der Waals surface area contributed by atoms with Gasteiger partial charge in [-0.3, -0.25) is 4.79 Å². The van der Waals surface area contributed by atoms with E-state index in [2.05, 4.69) is 26.8 Å². The van der Waals surface area contributed by atoms with Gasteiger partial charge in [0.05, 0.1) is 18.8 Å². The maximum Gasteiger partial charge on any atom is 0.268 e. The number of aromatic nitrogens is 3. The highest BCUT2D eigenvalue weighted by atomic mass is 16.5. The Morgan fingerprint density at radius 3 is 2.72 bits per heavy atom. The summed E-state index contributed by atoms with van der Waals surface area (Å²) in [5.74, 6) is 6.67. The number of nitrogens with two attached hydrogens (primary N) is 1. The Hall–Kier alpha value is -4.22. The highest BCUT2D eigenvalue weighted by Crippen LogP contribution is 2.26. The molecule has 0 aliphatic rings. The fourth-order valence-corrected chi connectivity index (χ4v) is 3.12. The molecular weight excluding hydrogens is 408 g/mol. The van der Waals surface area contributed by atoms with Crippen LogP contribution < -0.4 is 10.5 Å². The number of hydrogen-bond donors (Lipinski definition) is 2. The van der Waals surface area contributed by atoms with Crippen LogP contribution in [0.15, 0.2) is 53.1 Å². The summed E-state index contributed by atoms with van der Waals surface area (Å²) in [5.41, 5.74) is 5.89. The number of rotatable bonds is 4. The van der Waals surface area contributed by atoms with Crippen LogP contribution in [0.2, 0.25) is 0 Å². The van der Waals surface area contributed by atoms with E-state index in [1.54, 1.807) is 56.5 Å². The van der Waals surface area contributed by atoms with E-state index in [1.165, 1.54) is 13.1 Å². The predicted molar refractivity (Wildman–Crippen MR) is 118 cm³/mol. The van der Waals surface area contributed by atoms with Crippen LogP contribution in [-0.2, 0) is 5.60 Å². The molecule has 0 spiro atoms. The number of oxazole rings is 1. The fourth-order valence-electron chi connectivity index (χ4n) is 3.12. The Balaban J connectivity index is 1.76. The molecule has 3 N–H and O–H groups in total. The van der Waals surface area contributed by atoms with Crippen LogP contribution in [-0.4, -0.2) is 33.1 Å². The minimum atomic E-state index is -1.56. The van der Waals surface area contributed by atoms with Crippen LogP contribution in [0.4, 0.5) is 0 Å². The number of hydrogen-bond acceptors (Lipinski definition) is 7. The number of methoxy groups -OCH3 is 1. The van der Waals surface area contributed by atoms with Crippen LogP contribution in [0.1, 0.15) is 34.6 Å². The van der Waals surface area contributed by atoms with Crippen molar-refractivity contribution in [1.82, 2.24) is 15.0 Å². The largest absolute Gasteiger partial charge is 0.497 e. The topological polar surface area (TPSA) is 124 Å². The first-order valence-electron chi connectivity index (χ1n) is 9.71. The molecule has 8 heteroatoms. The first-order valence-corrected chi connectivity index (χ1v) is 9.71. The number of primary amides is 1. The maximum atomic E-state index is 12.0. The Morgan fingerprint density at radius 1 is 1.22 bits per heavy atom. The Labute approximate surface area is 184 Å². The zero-order chi connectivity index (χ0) is 22.9. The monoisotopic (exact) mass is 428 g/mol. The molecule has 1 atom stereocenters. The Bertz CT molecular complexity index is 1400. The first-order chi connectivity index (χ1) is 15.3. The average molecular weight is 428 g/mol. The van der Waals surface area contributed by atoms with Gasteiger partial charge < -0.3 is 20.0 Å². The zero-order valence-electron chi connectivity index (χ0n) is 17.7. The number of carbonyl (C=O) groups excluding carboxylic acids is 1. The standard InChI is InChI=1S/C24H20N4O4/c1-14-13-26-23(32-14)24(2,30)10-9-15-5-4-6-16(11-15)22-27-19-12-17(31-3)7-8-18(19)20(28-22)21(25)29/h4-8,11-13,30H,1-3H3,(H2,25,29)/t24-/m0/s1. The van der Waals surface area contributed by atoms with Gasteiger partial charge in [0.15, 0.2) is 11.4 Å². The second kappa shape index (κ2) is 8.13. The van der Waals surface area contributed by atoms with Crippen LogP contribution in [0, 0.1) is 18.8 Å². The van der Waals surface area contributed by atoms with E-state index in [1.807, 2.05) is 0 Å². The summed E-state index contributed by atoms with van der Waals surface area (Å²) in [6.45, 7) is 3.25. The molecule has 2 heterocycles. The molecule has 8 nitrogen and oxygen atoms in total. The van der Waals surface area contributed by atoms with Gasteiger partial charge in [-0.05, 0) is 38.1 Å². The second-order valence-electron chi connectivity index (χ2n) is 7.32. The van der Waals surface area contributed by atoms with Gasteiger partial charge in [0.1, 0.15) is 17.2 Å². The number of aryl methyl sites for hydroxylation is 1. The summed E-state index contributed by atoms with van der Waals surface area (Å²) in [4.78, 5) is 25.0. The van der Waals surface area contributed by atoms with Crippen molar-refractivity contribution in [2.45, 2.75) is 19.4 Å². The third kappa shape index (κ3) is 4.15. The molecule has 160 valence electrons. The van der Waals surface area contributed by atoms with Crippen molar-refractivity contribution in [3.05, 3.63) is 71.6 Å². The number of carbonyl (C=O) groups is 1. The average Bonchev–Trinajstić information content (AvgIpc) is 3.24. The number of ether oxygens (including phenoxy) is 1. The minimum Gasteiger partial charge on any atom is -0.497 e. The number of nitrogens with zero attached hydrogens (tertiary/aromatic N) is 3. The minimum absolute atomic E-state index is 0.117. The molecule has 4 rings (SSSR count). The van der Waals surface area contributed by atoms with E-state index in [4.69, 9.17) is 14.9 Å². The normalized spacial score (nSPS) is 12.6. The van der Waals surface area contributed by atoms with Gasteiger partial charge in [0.25, 0.3) is 5.91 Å². The van der Waals surface area contributed by atoms with E-state index in [9.17, 15) is 9.90 Å². The molecule has 0 bridgehead atoms. The first kappa shape index (κ1) is 21.0. The van der Waals surface area contributed by atoms with Gasteiger partial charge in [-0.25, -0.2) is 15.0 Å². The van der Waals surface area contributed by atoms with Crippen LogP contribution >= 0.6 is 0 Å². The van der Waals surface area contributed by atoms with Crippen molar-refractivity contribution in [1.29, 1.82) is 0 Å². The van der Waals surface area contributed by atoms with Crippen molar-refractivity contribution in [3.63, 3.8) is 0 Å². The lowest BCUT2D eigenvalue weighted by Crippen LogP contribution is -2.18. The van der Waals surface area contributed by atoms with Crippen molar-refractivity contribution >= 4 is 16.8 Å². The molecule has 0 saturated heterocycles. The SMILES string of the molecule is COc1ccc2c(C(N)=O)nc(-c3cccc(C#C[C@](C)(O)c4ncc(C)o4)c3)nc2c1. The van der Waals surface area contributed by atoms with Gasteiger partial charge in [0, 0.05) is 22.6 Å². The van der Waals surface area contributed by atoms with E-state index < -0.39 is 11.5 Å². The molecule has 2 aromatic heterocycles. The van der Waals surface area contributed by atoms with Gasteiger partial charge in [-0.1, -0.05) is 24.0 Å². The van der Waals surface area contributed by atoms with Gasteiger partial charge >= 0.3 is 0 Å². The lowest BCUT2D eigenvalue weighted by Gasteiger charge is -2.11. The number of benzene rings is 2. The number of aliphatic hydroxyl groups is 1. The molecule has 4 aromatic rings. The Morgan fingerprint density at radius 2 is 2.03 bits per heavy atom. The molecule has 1 amide bonds. The summed E-state index contributed by atoms with van der Waals surface area (Å²) in [6, 6.07) is 12.3. The van der Waals surface area contributed by atoms with E-state index >= 15 is 0 Å². The molecule has 0 radical (unpaired) electrons. The molecule has 32 heavy (non-hydrogen) atoms. The summed E-state index contributed by atoms with van der Waals surface area (Å²) < 4.78 is 10.6. The summed E-state index contributed by atoms with van der Waals surface area (Å²) >= 11 is 0. The summed E-state index contributed by atoms with van der Waals surface area (Å²) in [7, 11) is 1.55. The van der Waals surface area contributed by atoms with Gasteiger partial charge in [-0.2, -0.15) is 0 Å². The quantitative estimate of drug-likeness (QED) is 0.479. The molecule has 0 aliphatic carbocycles. The molecular formula is C24H20N4O4. The summed E-state index contributed by atoms with van der Waals surface area (Å²) in [5, 5.41) is 11.1. The molecule has 2 aromatic carbocycles. The van der Waals surface area contributed by atoms with Crippen LogP contribution in [0.25, 0.3) is 22.3 Å². The zero-order valence-corrected chi connectivity index (χ0v) is 17.7. The van der Waals surface area contributed by atoms with E-state index in [-0.39, 0.29) is 11.6 Å².